The average molecular weight is 305 g/mol. The molecule has 0 unspecified atom stereocenters. The van der Waals surface area contributed by atoms with Crippen molar-refractivity contribution >= 4 is 17.7 Å². The molecular formula is C17H23NO4. The fraction of sp³-hybridized carbons (Fsp3) is 0.471. The molecule has 1 aromatic rings. The van der Waals surface area contributed by atoms with Gasteiger partial charge in [-0.25, -0.2) is 0 Å². The topological polar surface area (TPSA) is 72.5 Å². The molecule has 1 rings (SSSR count). The summed E-state index contributed by atoms with van der Waals surface area (Å²) in [5.74, 6) is -0.185. The number of hydrogen-bond acceptors (Lipinski definition) is 4. The molecule has 0 aliphatic carbocycles. The van der Waals surface area contributed by atoms with E-state index in [1.165, 1.54) is 14.0 Å². The predicted molar refractivity (Wildman–Crippen MR) is 83.6 cm³/mol. The summed E-state index contributed by atoms with van der Waals surface area (Å²) in [5.41, 5.74) is 1.69. The molecule has 1 amide bonds. The number of benzene rings is 1. The molecule has 0 aliphatic heterocycles. The van der Waals surface area contributed by atoms with E-state index < -0.39 is 0 Å². The standard InChI is InChI=1S/C17H23NO4/c1-13(19)18-12-4-3-5-16(20)15-9-6-14(7-10-15)8-11-17(21)22-2/h6-7,9-10H,3-5,8,11-12H2,1-2H3,(H,18,19). The lowest BCUT2D eigenvalue weighted by atomic mass is 10.0. The Hall–Kier alpha value is -2.17. The number of Topliss-reactive ketones (excluding diaryl/α,β-unsaturated/α-hetero) is 1. The Kier molecular flexibility index (Phi) is 7.89. The normalized spacial score (nSPS) is 10.1. The number of hydrogen-bond donors (Lipinski definition) is 1. The van der Waals surface area contributed by atoms with Crippen LogP contribution < -0.4 is 5.32 Å². The maximum atomic E-state index is 12.0. The van der Waals surface area contributed by atoms with Crippen LogP contribution in [0.4, 0.5) is 0 Å². The van der Waals surface area contributed by atoms with E-state index in [1.54, 1.807) is 12.1 Å². The highest BCUT2D eigenvalue weighted by Gasteiger charge is 2.06. The van der Waals surface area contributed by atoms with Crippen LogP contribution in [0.15, 0.2) is 24.3 Å². The summed E-state index contributed by atoms with van der Waals surface area (Å²) in [6, 6.07) is 7.33. The zero-order valence-corrected chi connectivity index (χ0v) is 13.2. The van der Waals surface area contributed by atoms with Crippen LogP contribution in [-0.4, -0.2) is 31.3 Å². The third kappa shape index (κ3) is 7.02. The molecule has 0 heterocycles. The van der Waals surface area contributed by atoms with E-state index in [0.29, 0.717) is 31.4 Å². The van der Waals surface area contributed by atoms with Gasteiger partial charge in [0.1, 0.15) is 0 Å². The minimum absolute atomic E-state index is 0.0473. The molecule has 0 aromatic heterocycles. The fourth-order valence-corrected chi connectivity index (χ4v) is 2.03. The number of carbonyl (C=O) groups excluding carboxylic acids is 3. The van der Waals surface area contributed by atoms with E-state index in [4.69, 9.17) is 0 Å². The molecular weight excluding hydrogens is 282 g/mol. The van der Waals surface area contributed by atoms with Crippen molar-refractivity contribution in [3.63, 3.8) is 0 Å². The maximum Gasteiger partial charge on any atom is 0.305 e. The van der Waals surface area contributed by atoms with Gasteiger partial charge < -0.3 is 10.1 Å². The number of ether oxygens (including phenoxy) is 1. The van der Waals surface area contributed by atoms with Crippen LogP contribution in [-0.2, 0) is 20.7 Å². The van der Waals surface area contributed by atoms with E-state index in [2.05, 4.69) is 10.1 Å². The first-order chi connectivity index (χ1) is 10.5. The van der Waals surface area contributed by atoms with Crippen molar-refractivity contribution in [3.8, 4) is 0 Å². The highest BCUT2D eigenvalue weighted by Crippen LogP contribution is 2.11. The Bertz CT molecular complexity index is 508. The third-order valence-electron chi connectivity index (χ3n) is 3.33. The molecule has 0 radical (unpaired) electrons. The van der Waals surface area contributed by atoms with E-state index in [0.717, 1.165) is 18.4 Å². The minimum atomic E-state index is -0.237. The zero-order chi connectivity index (χ0) is 16.4. The minimum Gasteiger partial charge on any atom is -0.469 e. The molecule has 0 saturated carbocycles. The van der Waals surface area contributed by atoms with Crippen LogP contribution in [0.3, 0.4) is 0 Å². The van der Waals surface area contributed by atoms with Gasteiger partial charge in [0.15, 0.2) is 5.78 Å². The van der Waals surface area contributed by atoms with Gasteiger partial charge in [-0.3, -0.25) is 14.4 Å². The van der Waals surface area contributed by atoms with E-state index >= 15 is 0 Å². The lowest BCUT2D eigenvalue weighted by Crippen LogP contribution is -2.20. The summed E-state index contributed by atoms with van der Waals surface area (Å²) in [5, 5.41) is 2.71. The Morgan fingerprint density at radius 2 is 1.73 bits per heavy atom. The number of amides is 1. The van der Waals surface area contributed by atoms with Crippen LogP contribution in [0.25, 0.3) is 0 Å². The molecule has 1 aromatic carbocycles. The van der Waals surface area contributed by atoms with E-state index in [9.17, 15) is 14.4 Å². The van der Waals surface area contributed by atoms with Gasteiger partial charge in [0.05, 0.1) is 7.11 Å². The van der Waals surface area contributed by atoms with Crippen molar-refractivity contribution in [1.82, 2.24) is 5.32 Å². The molecule has 5 heteroatoms. The van der Waals surface area contributed by atoms with Gasteiger partial charge >= 0.3 is 5.97 Å². The Morgan fingerprint density at radius 3 is 2.32 bits per heavy atom. The average Bonchev–Trinajstić information content (AvgIpc) is 2.52. The maximum absolute atomic E-state index is 12.0. The van der Waals surface area contributed by atoms with E-state index in [1.807, 2.05) is 12.1 Å². The molecule has 1 N–H and O–H groups in total. The van der Waals surface area contributed by atoms with Gasteiger partial charge in [-0.2, -0.15) is 0 Å². The first-order valence-electron chi connectivity index (χ1n) is 7.46. The predicted octanol–water partition coefficient (Wildman–Crippen LogP) is 2.28. The summed E-state index contributed by atoms with van der Waals surface area (Å²) in [6.07, 6.45) is 2.97. The molecule has 0 aliphatic rings. The molecule has 0 bridgehead atoms. The van der Waals surface area contributed by atoms with Crippen molar-refractivity contribution in [2.45, 2.75) is 39.0 Å². The molecule has 0 spiro atoms. The summed E-state index contributed by atoms with van der Waals surface area (Å²) in [4.78, 5) is 33.8. The van der Waals surface area contributed by atoms with Crippen LogP contribution in [0.1, 0.15) is 48.5 Å². The Morgan fingerprint density at radius 1 is 1.05 bits per heavy atom. The first kappa shape index (κ1) is 17.9. The molecule has 0 fully saturated rings. The van der Waals surface area contributed by atoms with Crippen molar-refractivity contribution in [2.24, 2.45) is 0 Å². The molecule has 0 saturated heterocycles. The van der Waals surface area contributed by atoms with E-state index in [-0.39, 0.29) is 17.7 Å². The second-order valence-corrected chi connectivity index (χ2v) is 5.14. The van der Waals surface area contributed by atoms with Gasteiger partial charge in [-0.1, -0.05) is 24.3 Å². The number of unbranched alkanes of at least 4 members (excludes halogenated alkanes) is 1. The zero-order valence-electron chi connectivity index (χ0n) is 13.2. The van der Waals surface area contributed by atoms with Gasteiger partial charge in [-0.15, -0.1) is 0 Å². The first-order valence-corrected chi connectivity index (χ1v) is 7.46. The highest BCUT2D eigenvalue weighted by atomic mass is 16.5. The number of methoxy groups -OCH3 is 1. The number of rotatable bonds is 9. The number of aryl methyl sites for hydroxylation is 1. The van der Waals surface area contributed by atoms with Gasteiger partial charge in [-0.05, 0) is 24.8 Å². The number of carbonyl (C=O) groups is 3. The summed E-state index contributed by atoms with van der Waals surface area (Å²) >= 11 is 0. The monoisotopic (exact) mass is 305 g/mol. The number of esters is 1. The smallest absolute Gasteiger partial charge is 0.305 e. The molecule has 22 heavy (non-hydrogen) atoms. The van der Waals surface area contributed by atoms with Gasteiger partial charge in [0.25, 0.3) is 0 Å². The summed E-state index contributed by atoms with van der Waals surface area (Å²) in [6.45, 7) is 2.09. The second-order valence-electron chi connectivity index (χ2n) is 5.14. The third-order valence-corrected chi connectivity index (χ3v) is 3.33. The summed E-state index contributed by atoms with van der Waals surface area (Å²) in [7, 11) is 1.37. The van der Waals surface area contributed by atoms with Crippen molar-refractivity contribution in [2.75, 3.05) is 13.7 Å². The van der Waals surface area contributed by atoms with Crippen molar-refractivity contribution < 1.29 is 19.1 Å². The van der Waals surface area contributed by atoms with Gasteiger partial charge in [0.2, 0.25) is 5.91 Å². The Balaban J connectivity index is 2.34. The van der Waals surface area contributed by atoms with Crippen LogP contribution in [0.5, 0.6) is 0 Å². The summed E-state index contributed by atoms with van der Waals surface area (Å²) < 4.78 is 4.59. The SMILES string of the molecule is COC(=O)CCc1ccc(C(=O)CCCCNC(C)=O)cc1. The molecule has 120 valence electrons. The van der Waals surface area contributed by atoms with Crippen LogP contribution >= 0.6 is 0 Å². The second kappa shape index (κ2) is 9.71. The van der Waals surface area contributed by atoms with Crippen LogP contribution in [0, 0.1) is 0 Å². The fourth-order valence-electron chi connectivity index (χ4n) is 2.03. The van der Waals surface area contributed by atoms with Crippen molar-refractivity contribution in [1.29, 1.82) is 0 Å². The lowest BCUT2D eigenvalue weighted by Gasteiger charge is -2.04. The Labute approximate surface area is 131 Å². The quantitative estimate of drug-likeness (QED) is 0.431. The van der Waals surface area contributed by atoms with Crippen molar-refractivity contribution in [3.05, 3.63) is 35.4 Å². The molecule has 0 atom stereocenters. The lowest BCUT2D eigenvalue weighted by molar-refractivity contribution is -0.140. The van der Waals surface area contributed by atoms with Gasteiger partial charge in [0, 0.05) is 31.9 Å². The largest absolute Gasteiger partial charge is 0.469 e. The number of nitrogens with one attached hydrogen (secondary N) is 1. The number of ketones is 1. The molecule has 5 nitrogen and oxygen atoms in total. The van der Waals surface area contributed by atoms with Crippen LogP contribution in [0.2, 0.25) is 0 Å². The highest BCUT2D eigenvalue weighted by molar-refractivity contribution is 5.96.